The molecule has 26 heavy (non-hydrogen) atoms. The fraction of sp³-hybridized carbons (Fsp3) is 0.176. The van der Waals surface area contributed by atoms with E-state index in [0.29, 0.717) is 10.6 Å². The number of anilines is 1. The van der Waals surface area contributed by atoms with Gasteiger partial charge in [-0.15, -0.1) is 0 Å². The minimum absolute atomic E-state index is 0.0285. The Morgan fingerprint density at radius 3 is 2.38 bits per heavy atom. The van der Waals surface area contributed by atoms with E-state index in [4.69, 9.17) is 11.6 Å². The molecule has 0 atom stereocenters. The summed E-state index contributed by atoms with van der Waals surface area (Å²) in [5, 5.41) is 5.35. The van der Waals surface area contributed by atoms with Gasteiger partial charge in [0.1, 0.15) is 5.82 Å². The highest BCUT2D eigenvalue weighted by Crippen LogP contribution is 2.19. The first-order valence-electron chi connectivity index (χ1n) is 7.50. The van der Waals surface area contributed by atoms with E-state index in [1.54, 1.807) is 24.3 Å². The maximum Gasteiger partial charge on any atom is 0.251 e. The van der Waals surface area contributed by atoms with Crippen LogP contribution in [0.1, 0.15) is 16.8 Å². The van der Waals surface area contributed by atoms with E-state index in [1.807, 2.05) is 0 Å². The minimum atomic E-state index is -3.52. The van der Waals surface area contributed by atoms with Crippen LogP contribution in [0.5, 0.6) is 0 Å². The summed E-state index contributed by atoms with van der Waals surface area (Å²) in [4.78, 5) is 23.7. The molecule has 138 valence electrons. The maximum atomic E-state index is 13.7. The zero-order valence-corrected chi connectivity index (χ0v) is 15.3. The van der Waals surface area contributed by atoms with Crippen LogP contribution in [0.3, 0.4) is 0 Å². The van der Waals surface area contributed by atoms with Crippen molar-refractivity contribution in [2.45, 2.75) is 11.3 Å². The Morgan fingerprint density at radius 1 is 1.12 bits per heavy atom. The normalized spacial score (nSPS) is 11.0. The zero-order chi connectivity index (χ0) is 19.3. The Bertz CT molecular complexity index is 930. The SMILES string of the molecule is CS(=O)(=O)c1ccc(F)c(NC(=O)CCNC(=O)c2ccc(Cl)cc2)c1. The molecule has 2 amide bonds. The van der Waals surface area contributed by atoms with Crippen LogP contribution in [0.25, 0.3) is 0 Å². The highest BCUT2D eigenvalue weighted by atomic mass is 35.5. The number of rotatable bonds is 6. The van der Waals surface area contributed by atoms with Crippen LogP contribution in [0.15, 0.2) is 47.4 Å². The summed E-state index contributed by atoms with van der Waals surface area (Å²) in [7, 11) is -3.52. The topological polar surface area (TPSA) is 92.3 Å². The Labute approximate surface area is 155 Å². The van der Waals surface area contributed by atoms with Crippen LogP contribution in [-0.2, 0) is 14.6 Å². The predicted molar refractivity (Wildman–Crippen MR) is 96.5 cm³/mol. The van der Waals surface area contributed by atoms with E-state index < -0.39 is 21.6 Å². The first kappa shape index (κ1) is 19.9. The molecule has 0 saturated carbocycles. The van der Waals surface area contributed by atoms with E-state index in [2.05, 4.69) is 10.6 Å². The largest absolute Gasteiger partial charge is 0.352 e. The lowest BCUT2D eigenvalue weighted by Gasteiger charge is -2.09. The molecule has 0 unspecified atom stereocenters. The fourth-order valence-corrected chi connectivity index (χ4v) is 2.81. The van der Waals surface area contributed by atoms with Gasteiger partial charge >= 0.3 is 0 Å². The molecule has 0 spiro atoms. The molecule has 0 bridgehead atoms. The van der Waals surface area contributed by atoms with Crippen LogP contribution in [-0.4, -0.2) is 33.0 Å². The average molecular weight is 399 g/mol. The summed E-state index contributed by atoms with van der Waals surface area (Å²) >= 11 is 5.74. The van der Waals surface area contributed by atoms with Crippen LogP contribution in [0.4, 0.5) is 10.1 Å². The lowest BCUT2D eigenvalue weighted by atomic mass is 10.2. The Balaban J connectivity index is 1.91. The molecule has 0 fully saturated rings. The van der Waals surface area contributed by atoms with Crippen LogP contribution in [0.2, 0.25) is 5.02 Å². The number of nitrogens with one attached hydrogen (secondary N) is 2. The number of hydrogen-bond acceptors (Lipinski definition) is 4. The third-order valence-electron chi connectivity index (χ3n) is 3.38. The molecule has 0 aliphatic heterocycles. The smallest absolute Gasteiger partial charge is 0.251 e. The average Bonchev–Trinajstić information content (AvgIpc) is 2.56. The van der Waals surface area contributed by atoms with Gasteiger partial charge in [0, 0.05) is 29.8 Å². The number of amides is 2. The molecule has 6 nitrogen and oxygen atoms in total. The predicted octanol–water partition coefficient (Wildman–Crippen LogP) is 2.64. The molecule has 0 aliphatic rings. The summed E-state index contributed by atoms with van der Waals surface area (Å²) < 4.78 is 36.7. The number of carbonyl (C=O) groups is 2. The van der Waals surface area contributed by atoms with E-state index >= 15 is 0 Å². The highest BCUT2D eigenvalue weighted by molar-refractivity contribution is 7.90. The zero-order valence-electron chi connectivity index (χ0n) is 13.8. The van der Waals surface area contributed by atoms with Crippen molar-refractivity contribution in [2.24, 2.45) is 0 Å². The van der Waals surface area contributed by atoms with Crippen molar-refractivity contribution in [3.05, 3.63) is 58.9 Å². The van der Waals surface area contributed by atoms with Gasteiger partial charge in [0.25, 0.3) is 5.91 Å². The maximum absolute atomic E-state index is 13.7. The van der Waals surface area contributed by atoms with Gasteiger partial charge in [-0.25, -0.2) is 12.8 Å². The number of sulfone groups is 1. The third kappa shape index (κ3) is 5.53. The van der Waals surface area contributed by atoms with Crippen molar-refractivity contribution in [2.75, 3.05) is 18.1 Å². The summed E-state index contributed by atoms with van der Waals surface area (Å²) in [5.74, 6) is -1.69. The van der Waals surface area contributed by atoms with Crippen molar-refractivity contribution in [1.29, 1.82) is 0 Å². The molecule has 2 aromatic rings. The molecule has 0 heterocycles. The summed E-state index contributed by atoms with van der Waals surface area (Å²) in [5.41, 5.74) is 0.156. The summed E-state index contributed by atoms with van der Waals surface area (Å²) in [6.07, 6.45) is 0.875. The molecule has 2 N–H and O–H groups in total. The lowest BCUT2D eigenvalue weighted by molar-refractivity contribution is -0.116. The second kappa shape index (κ2) is 8.29. The Hall–Kier alpha value is -2.45. The van der Waals surface area contributed by atoms with Crippen molar-refractivity contribution >= 4 is 38.9 Å². The molecule has 9 heteroatoms. The summed E-state index contributed by atoms with van der Waals surface area (Å²) in [6.45, 7) is 0.0285. The van der Waals surface area contributed by atoms with Gasteiger partial charge in [0.05, 0.1) is 10.6 Å². The number of carbonyl (C=O) groups excluding carboxylic acids is 2. The Kier molecular flexibility index (Phi) is 6.33. The molecule has 2 rings (SSSR count). The quantitative estimate of drug-likeness (QED) is 0.731. The van der Waals surface area contributed by atoms with Gasteiger partial charge in [0.15, 0.2) is 9.84 Å². The molecular weight excluding hydrogens is 383 g/mol. The van der Waals surface area contributed by atoms with Gasteiger partial charge in [-0.05, 0) is 42.5 Å². The molecule has 2 aromatic carbocycles. The first-order valence-corrected chi connectivity index (χ1v) is 9.77. The van der Waals surface area contributed by atoms with Crippen LogP contribution < -0.4 is 10.6 Å². The van der Waals surface area contributed by atoms with E-state index in [9.17, 15) is 22.4 Å². The standard InChI is InChI=1S/C17H16ClFN2O4S/c1-26(24,25)13-6-7-14(19)15(10-13)21-16(22)8-9-20-17(23)11-2-4-12(18)5-3-11/h2-7,10H,8-9H2,1H3,(H,20,23)(H,21,22). The summed E-state index contributed by atoms with van der Waals surface area (Å²) in [6, 6.07) is 9.37. The third-order valence-corrected chi connectivity index (χ3v) is 4.75. The van der Waals surface area contributed by atoms with Gasteiger partial charge in [0.2, 0.25) is 5.91 Å². The Morgan fingerprint density at radius 2 is 1.77 bits per heavy atom. The van der Waals surface area contributed by atoms with Gasteiger partial charge < -0.3 is 10.6 Å². The van der Waals surface area contributed by atoms with Crippen LogP contribution >= 0.6 is 11.6 Å². The molecule has 0 aliphatic carbocycles. The van der Waals surface area contributed by atoms with Crippen molar-refractivity contribution in [3.8, 4) is 0 Å². The van der Waals surface area contributed by atoms with E-state index in [-0.39, 0.29) is 29.5 Å². The van der Waals surface area contributed by atoms with Crippen molar-refractivity contribution < 1.29 is 22.4 Å². The fourth-order valence-electron chi connectivity index (χ4n) is 2.04. The second-order valence-corrected chi connectivity index (χ2v) is 7.93. The monoisotopic (exact) mass is 398 g/mol. The molecule has 0 saturated heterocycles. The first-order chi connectivity index (χ1) is 12.2. The number of hydrogen-bond donors (Lipinski definition) is 2. The van der Waals surface area contributed by atoms with Gasteiger partial charge in [-0.2, -0.15) is 0 Å². The molecule has 0 aromatic heterocycles. The van der Waals surface area contributed by atoms with E-state index in [0.717, 1.165) is 24.5 Å². The molecule has 0 radical (unpaired) electrons. The van der Waals surface area contributed by atoms with Crippen LogP contribution in [0, 0.1) is 5.82 Å². The van der Waals surface area contributed by atoms with Gasteiger partial charge in [-0.1, -0.05) is 11.6 Å². The number of benzene rings is 2. The molecular formula is C17H16ClFN2O4S. The van der Waals surface area contributed by atoms with E-state index in [1.165, 1.54) is 0 Å². The second-order valence-electron chi connectivity index (χ2n) is 5.47. The van der Waals surface area contributed by atoms with Crippen molar-refractivity contribution in [3.63, 3.8) is 0 Å². The highest BCUT2D eigenvalue weighted by Gasteiger charge is 2.13. The number of halogens is 2. The minimum Gasteiger partial charge on any atom is -0.352 e. The lowest BCUT2D eigenvalue weighted by Crippen LogP contribution is -2.27. The van der Waals surface area contributed by atoms with Crippen molar-refractivity contribution in [1.82, 2.24) is 5.32 Å². The van der Waals surface area contributed by atoms with Gasteiger partial charge in [-0.3, -0.25) is 9.59 Å².